The van der Waals surface area contributed by atoms with Crippen molar-refractivity contribution in [2.75, 3.05) is 5.32 Å². The second-order valence-corrected chi connectivity index (χ2v) is 11.5. The lowest BCUT2D eigenvalue weighted by atomic mass is 10.1. The Kier molecular flexibility index (Phi) is 7.59. The minimum absolute atomic E-state index is 0.204. The molecule has 0 aliphatic heterocycles. The molecule has 4 rings (SSSR count). The minimum Gasteiger partial charge on any atom is -0.459 e. The van der Waals surface area contributed by atoms with E-state index in [2.05, 4.69) is 18.3 Å². The Labute approximate surface area is 218 Å². The Bertz CT molecular complexity index is 1400. The van der Waals surface area contributed by atoms with Gasteiger partial charge in [0.25, 0.3) is 5.91 Å². The molecule has 0 unspecified atom stereocenters. The summed E-state index contributed by atoms with van der Waals surface area (Å²) in [6.07, 6.45) is 0.675. The molecule has 0 atom stereocenters. The standard InChI is InChI=1S/C27H27ClN2O3S2/c1-6-17-8-10-23(34-17)22-12-19(18-11-16(28)7-9-21(18)29-22)25(31)30-26-20(27(32)33-15(4)5)13-24(35-26)14(2)3/h7-15H,6H2,1-5H3,(H,30,31). The molecule has 0 aliphatic carbocycles. The number of nitrogens with one attached hydrogen (secondary N) is 1. The van der Waals surface area contributed by atoms with E-state index in [-0.39, 0.29) is 17.9 Å². The van der Waals surface area contributed by atoms with Gasteiger partial charge in [-0.15, -0.1) is 22.7 Å². The minimum atomic E-state index is -0.451. The summed E-state index contributed by atoms with van der Waals surface area (Å²) < 4.78 is 5.42. The largest absolute Gasteiger partial charge is 0.459 e. The highest BCUT2D eigenvalue weighted by molar-refractivity contribution is 7.17. The fraction of sp³-hybridized carbons (Fsp3) is 0.296. The summed E-state index contributed by atoms with van der Waals surface area (Å²) in [5, 5.41) is 4.62. The zero-order valence-electron chi connectivity index (χ0n) is 20.3. The highest BCUT2D eigenvalue weighted by Crippen LogP contribution is 2.35. The number of amides is 1. The predicted molar refractivity (Wildman–Crippen MR) is 146 cm³/mol. The maximum absolute atomic E-state index is 13.6. The molecule has 0 radical (unpaired) electrons. The maximum atomic E-state index is 13.6. The van der Waals surface area contributed by atoms with Crippen molar-refractivity contribution in [3.8, 4) is 10.6 Å². The first-order valence-electron chi connectivity index (χ1n) is 11.5. The number of hydrogen-bond acceptors (Lipinski definition) is 6. The third-order valence-corrected chi connectivity index (χ3v) is 8.23. The molecule has 35 heavy (non-hydrogen) atoms. The quantitative estimate of drug-likeness (QED) is 0.246. The van der Waals surface area contributed by atoms with E-state index in [1.165, 1.54) is 16.2 Å². The van der Waals surface area contributed by atoms with E-state index in [0.717, 1.165) is 21.9 Å². The first kappa shape index (κ1) is 25.4. The van der Waals surface area contributed by atoms with Crippen molar-refractivity contribution in [1.82, 2.24) is 4.98 Å². The smallest absolute Gasteiger partial charge is 0.341 e. The Hall–Kier alpha value is -2.74. The van der Waals surface area contributed by atoms with Crippen LogP contribution < -0.4 is 5.32 Å². The van der Waals surface area contributed by atoms with Crippen LogP contribution in [0.5, 0.6) is 0 Å². The molecule has 3 aromatic heterocycles. The number of thiophene rings is 2. The van der Waals surface area contributed by atoms with Gasteiger partial charge in [-0.1, -0.05) is 32.4 Å². The molecule has 0 spiro atoms. The SMILES string of the molecule is CCc1ccc(-c2cc(C(=O)Nc3sc(C(C)C)cc3C(=O)OC(C)C)c3cc(Cl)ccc3n2)s1. The average molecular weight is 527 g/mol. The van der Waals surface area contributed by atoms with Crippen LogP contribution in [-0.4, -0.2) is 23.0 Å². The summed E-state index contributed by atoms with van der Waals surface area (Å²) in [5.74, 6) is -0.577. The van der Waals surface area contributed by atoms with Gasteiger partial charge < -0.3 is 10.1 Å². The van der Waals surface area contributed by atoms with Gasteiger partial charge in [0, 0.05) is 20.2 Å². The van der Waals surface area contributed by atoms with Crippen LogP contribution in [0.3, 0.4) is 0 Å². The van der Waals surface area contributed by atoms with Crippen molar-refractivity contribution in [3.05, 3.63) is 68.4 Å². The third kappa shape index (κ3) is 5.58. The molecule has 0 saturated carbocycles. The molecule has 182 valence electrons. The van der Waals surface area contributed by atoms with Crippen molar-refractivity contribution in [1.29, 1.82) is 0 Å². The summed E-state index contributed by atoms with van der Waals surface area (Å²) >= 11 is 9.32. The molecule has 0 aliphatic rings. The first-order chi connectivity index (χ1) is 16.7. The van der Waals surface area contributed by atoms with Crippen LogP contribution >= 0.6 is 34.3 Å². The van der Waals surface area contributed by atoms with E-state index in [0.29, 0.717) is 32.1 Å². The van der Waals surface area contributed by atoms with Gasteiger partial charge in [0.1, 0.15) is 5.00 Å². The fourth-order valence-corrected chi connectivity index (χ4v) is 5.73. The number of ether oxygens (including phenoxy) is 1. The summed E-state index contributed by atoms with van der Waals surface area (Å²) in [6, 6.07) is 13.0. The zero-order valence-corrected chi connectivity index (χ0v) is 22.7. The summed E-state index contributed by atoms with van der Waals surface area (Å²) in [6.45, 7) is 9.80. The van der Waals surface area contributed by atoms with E-state index in [1.807, 2.05) is 26.0 Å². The van der Waals surface area contributed by atoms with Gasteiger partial charge in [0.2, 0.25) is 0 Å². The molecular weight excluding hydrogens is 500 g/mol. The molecule has 8 heteroatoms. The number of hydrogen-bond donors (Lipinski definition) is 1. The first-order valence-corrected chi connectivity index (χ1v) is 13.5. The molecule has 1 N–H and O–H groups in total. The van der Waals surface area contributed by atoms with Crippen molar-refractivity contribution < 1.29 is 14.3 Å². The van der Waals surface area contributed by atoms with Crippen LogP contribution in [0.2, 0.25) is 5.02 Å². The number of aryl methyl sites for hydroxylation is 1. The fourth-order valence-electron chi connectivity index (χ4n) is 3.60. The highest BCUT2D eigenvalue weighted by Gasteiger charge is 2.23. The van der Waals surface area contributed by atoms with Crippen molar-refractivity contribution in [2.45, 2.75) is 53.1 Å². The molecule has 0 fully saturated rings. The molecule has 4 aromatic rings. The second kappa shape index (κ2) is 10.5. The number of carbonyl (C=O) groups excluding carboxylic acids is 2. The van der Waals surface area contributed by atoms with Gasteiger partial charge in [0.15, 0.2) is 0 Å². The average Bonchev–Trinajstić information content (AvgIpc) is 3.45. The number of halogens is 1. The second-order valence-electron chi connectivity index (χ2n) is 8.79. The lowest BCUT2D eigenvalue weighted by Gasteiger charge is -2.11. The number of benzene rings is 1. The number of nitrogens with zero attached hydrogens (tertiary/aromatic N) is 1. The lowest BCUT2D eigenvalue weighted by molar-refractivity contribution is 0.0379. The van der Waals surface area contributed by atoms with Crippen molar-refractivity contribution >= 4 is 62.1 Å². The molecule has 0 saturated heterocycles. The Balaban J connectivity index is 1.78. The third-order valence-electron chi connectivity index (χ3n) is 5.39. The normalized spacial score (nSPS) is 11.4. The summed E-state index contributed by atoms with van der Waals surface area (Å²) in [5.41, 5.74) is 2.21. The number of fused-ring (bicyclic) bond motifs is 1. The van der Waals surface area contributed by atoms with Crippen LogP contribution in [0.4, 0.5) is 5.00 Å². The van der Waals surface area contributed by atoms with Gasteiger partial charge in [-0.25, -0.2) is 9.78 Å². The number of aromatic nitrogens is 1. The summed E-state index contributed by atoms with van der Waals surface area (Å²) in [7, 11) is 0. The number of anilines is 1. The molecule has 3 heterocycles. The lowest BCUT2D eigenvalue weighted by Crippen LogP contribution is -2.16. The van der Waals surface area contributed by atoms with Gasteiger partial charge in [-0.05, 0) is 68.7 Å². The van der Waals surface area contributed by atoms with E-state index in [9.17, 15) is 9.59 Å². The maximum Gasteiger partial charge on any atom is 0.341 e. The summed E-state index contributed by atoms with van der Waals surface area (Å²) in [4.78, 5) is 34.4. The van der Waals surface area contributed by atoms with Gasteiger partial charge in [0.05, 0.1) is 33.3 Å². The van der Waals surface area contributed by atoms with E-state index in [4.69, 9.17) is 21.3 Å². The molecule has 0 bridgehead atoms. The molecule has 1 aromatic carbocycles. The predicted octanol–water partition coefficient (Wildman–Crippen LogP) is 8.18. The van der Waals surface area contributed by atoms with E-state index in [1.54, 1.807) is 49.4 Å². The monoisotopic (exact) mass is 526 g/mol. The Morgan fingerprint density at radius 2 is 1.80 bits per heavy atom. The number of esters is 1. The number of carbonyl (C=O) groups is 2. The van der Waals surface area contributed by atoms with Crippen molar-refractivity contribution in [3.63, 3.8) is 0 Å². The van der Waals surface area contributed by atoms with Crippen LogP contribution in [0.25, 0.3) is 21.5 Å². The van der Waals surface area contributed by atoms with Gasteiger partial charge >= 0.3 is 5.97 Å². The van der Waals surface area contributed by atoms with Crippen LogP contribution in [-0.2, 0) is 11.2 Å². The topological polar surface area (TPSA) is 68.3 Å². The van der Waals surface area contributed by atoms with Gasteiger partial charge in [-0.2, -0.15) is 0 Å². The van der Waals surface area contributed by atoms with Crippen molar-refractivity contribution in [2.24, 2.45) is 0 Å². The Morgan fingerprint density at radius 3 is 2.46 bits per heavy atom. The molecular formula is C27H27ClN2O3S2. The molecule has 1 amide bonds. The van der Waals surface area contributed by atoms with E-state index < -0.39 is 5.97 Å². The number of pyridine rings is 1. The van der Waals surface area contributed by atoms with E-state index >= 15 is 0 Å². The van der Waals surface area contributed by atoms with Crippen LogP contribution in [0, 0.1) is 0 Å². The van der Waals surface area contributed by atoms with Crippen LogP contribution in [0.1, 0.15) is 71.0 Å². The molecule has 5 nitrogen and oxygen atoms in total. The highest BCUT2D eigenvalue weighted by atomic mass is 35.5. The Morgan fingerprint density at radius 1 is 1.03 bits per heavy atom. The number of rotatable bonds is 7. The zero-order chi connectivity index (χ0) is 25.3. The van der Waals surface area contributed by atoms with Gasteiger partial charge in [-0.3, -0.25) is 4.79 Å². The van der Waals surface area contributed by atoms with Crippen LogP contribution in [0.15, 0.2) is 42.5 Å².